The van der Waals surface area contributed by atoms with Crippen molar-refractivity contribution in [2.45, 2.75) is 12.7 Å². The first-order valence-corrected chi connectivity index (χ1v) is 6.39. The Morgan fingerprint density at radius 2 is 1.95 bits per heavy atom. The molecule has 0 spiro atoms. The van der Waals surface area contributed by atoms with Crippen LogP contribution < -0.4 is 10.5 Å². The van der Waals surface area contributed by atoms with E-state index in [1.54, 1.807) is 6.07 Å². The van der Waals surface area contributed by atoms with Gasteiger partial charge in [0.15, 0.2) is 0 Å². The normalized spacial score (nSPS) is 11.4. The van der Waals surface area contributed by atoms with Crippen molar-refractivity contribution < 1.29 is 17.9 Å². The van der Waals surface area contributed by atoms with Crippen LogP contribution in [0.2, 0.25) is 0 Å². The molecule has 2 rings (SSSR count). The van der Waals surface area contributed by atoms with Gasteiger partial charge in [-0.25, -0.2) is 4.98 Å². The zero-order valence-corrected chi connectivity index (χ0v) is 11.7. The minimum Gasteiger partial charge on any atom is -0.438 e. The van der Waals surface area contributed by atoms with E-state index in [2.05, 4.69) is 20.9 Å². The molecule has 0 saturated carbocycles. The maximum atomic E-state index is 12.9. The first-order chi connectivity index (χ1) is 9.41. The molecule has 106 valence electrons. The molecule has 0 amide bonds. The predicted octanol–water partition coefficient (Wildman–Crippen LogP) is 4.11. The minimum atomic E-state index is -4.49. The number of halogens is 4. The molecule has 1 aromatic carbocycles. The number of hydrogen-bond acceptors (Lipinski definition) is 3. The van der Waals surface area contributed by atoms with Crippen molar-refractivity contribution in [1.29, 1.82) is 0 Å². The number of para-hydroxylation sites is 1. The van der Waals surface area contributed by atoms with Crippen molar-refractivity contribution in [2.24, 2.45) is 5.73 Å². The lowest BCUT2D eigenvalue weighted by Gasteiger charge is -2.14. The highest BCUT2D eigenvalue weighted by molar-refractivity contribution is 9.10. The Labute approximate surface area is 121 Å². The Morgan fingerprint density at radius 1 is 1.25 bits per heavy atom. The fourth-order valence-corrected chi connectivity index (χ4v) is 1.98. The van der Waals surface area contributed by atoms with E-state index in [9.17, 15) is 13.2 Å². The molecule has 0 aliphatic rings. The molecule has 0 aliphatic heterocycles. The molecular formula is C13H10BrF3N2O. The van der Waals surface area contributed by atoms with E-state index in [4.69, 9.17) is 10.5 Å². The summed E-state index contributed by atoms with van der Waals surface area (Å²) in [5.41, 5.74) is 5.19. The average Bonchev–Trinajstić information content (AvgIpc) is 2.40. The summed E-state index contributed by atoms with van der Waals surface area (Å²) in [6.45, 7) is 0.107. The molecule has 1 heterocycles. The lowest BCUT2D eigenvalue weighted by molar-refractivity contribution is -0.138. The number of nitrogens with zero attached hydrogens (tertiary/aromatic N) is 1. The van der Waals surface area contributed by atoms with Gasteiger partial charge in [0.2, 0.25) is 5.88 Å². The Kier molecular flexibility index (Phi) is 4.29. The van der Waals surface area contributed by atoms with Gasteiger partial charge in [0, 0.05) is 22.8 Å². The Balaban J connectivity index is 2.41. The van der Waals surface area contributed by atoms with E-state index in [0.29, 0.717) is 10.0 Å². The molecule has 0 unspecified atom stereocenters. The third kappa shape index (κ3) is 3.29. The molecule has 0 bridgehead atoms. The van der Waals surface area contributed by atoms with Crippen LogP contribution in [0.5, 0.6) is 11.6 Å². The van der Waals surface area contributed by atoms with Crippen LogP contribution in [-0.2, 0) is 12.7 Å². The highest BCUT2D eigenvalue weighted by Gasteiger charge is 2.34. The van der Waals surface area contributed by atoms with Crippen LogP contribution in [0.3, 0.4) is 0 Å². The lowest BCUT2D eigenvalue weighted by atomic mass is 10.2. The van der Waals surface area contributed by atoms with E-state index >= 15 is 0 Å². The number of rotatable bonds is 3. The summed E-state index contributed by atoms with van der Waals surface area (Å²) in [6, 6.07) is 6.61. The molecule has 20 heavy (non-hydrogen) atoms. The summed E-state index contributed by atoms with van der Waals surface area (Å²) in [5, 5.41) is 0. The topological polar surface area (TPSA) is 48.1 Å². The fourth-order valence-electron chi connectivity index (χ4n) is 1.60. The molecule has 2 N–H and O–H groups in total. The summed E-state index contributed by atoms with van der Waals surface area (Å²) >= 11 is 3.22. The van der Waals surface area contributed by atoms with Crippen LogP contribution >= 0.6 is 15.9 Å². The third-order valence-electron chi connectivity index (χ3n) is 2.51. The molecule has 0 radical (unpaired) electrons. The standard InChI is InChI=1S/C13H10BrF3N2O/c14-9-5-8(6-18)12(19-7-9)20-11-4-2-1-3-10(11)13(15,16)17/h1-5,7H,6,18H2. The number of pyridine rings is 1. The molecule has 2 aromatic rings. The molecule has 1 aromatic heterocycles. The SMILES string of the molecule is NCc1cc(Br)cnc1Oc1ccccc1C(F)(F)F. The largest absolute Gasteiger partial charge is 0.438 e. The van der Waals surface area contributed by atoms with E-state index in [0.717, 1.165) is 6.07 Å². The molecule has 3 nitrogen and oxygen atoms in total. The summed E-state index contributed by atoms with van der Waals surface area (Å²) < 4.78 is 44.6. The van der Waals surface area contributed by atoms with Crippen molar-refractivity contribution in [2.75, 3.05) is 0 Å². The second-order valence-corrected chi connectivity index (χ2v) is 4.83. The van der Waals surface area contributed by atoms with Gasteiger partial charge in [-0.3, -0.25) is 0 Å². The van der Waals surface area contributed by atoms with Crippen molar-refractivity contribution in [3.63, 3.8) is 0 Å². The van der Waals surface area contributed by atoms with Crippen molar-refractivity contribution in [3.8, 4) is 11.6 Å². The zero-order chi connectivity index (χ0) is 14.8. The second kappa shape index (κ2) is 5.80. The first kappa shape index (κ1) is 14.8. The van der Waals surface area contributed by atoms with Gasteiger partial charge >= 0.3 is 6.18 Å². The zero-order valence-electron chi connectivity index (χ0n) is 10.1. The van der Waals surface area contributed by atoms with Gasteiger partial charge in [-0.15, -0.1) is 0 Å². The maximum Gasteiger partial charge on any atom is 0.419 e. The number of hydrogen-bond donors (Lipinski definition) is 1. The van der Waals surface area contributed by atoms with Crippen LogP contribution in [0.4, 0.5) is 13.2 Å². The average molecular weight is 347 g/mol. The van der Waals surface area contributed by atoms with Crippen LogP contribution in [0, 0.1) is 0 Å². The number of alkyl halides is 3. The molecule has 0 atom stereocenters. The fraction of sp³-hybridized carbons (Fsp3) is 0.154. The first-order valence-electron chi connectivity index (χ1n) is 5.60. The minimum absolute atomic E-state index is 0.0624. The molecule has 7 heteroatoms. The highest BCUT2D eigenvalue weighted by Crippen LogP contribution is 2.38. The summed E-state index contributed by atoms with van der Waals surface area (Å²) in [5.74, 6) is -0.239. The van der Waals surface area contributed by atoms with E-state index in [-0.39, 0.29) is 18.2 Å². The Bertz CT molecular complexity index is 617. The smallest absolute Gasteiger partial charge is 0.419 e. The van der Waals surface area contributed by atoms with Crippen LogP contribution in [0.1, 0.15) is 11.1 Å². The van der Waals surface area contributed by atoms with Gasteiger partial charge in [0.05, 0.1) is 5.56 Å². The number of ether oxygens (including phenoxy) is 1. The Hall–Kier alpha value is -1.60. The van der Waals surface area contributed by atoms with E-state index in [1.165, 1.54) is 24.4 Å². The van der Waals surface area contributed by atoms with Gasteiger partial charge < -0.3 is 10.5 Å². The number of benzene rings is 1. The predicted molar refractivity (Wildman–Crippen MR) is 71.3 cm³/mol. The van der Waals surface area contributed by atoms with Gasteiger partial charge in [-0.05, 0) is 34.1 Å². The number of aromatic nitrogens is 1. The van der Waals surface area contributed by atoms with E-state index in [1.807, 2.05) is 0 Å². The van der Waals surface area contributed by atoms with Crippen LogP contribution in [0.25, 0.3) is 0 Å². The molecular weight excluding hydrogens is 337 g/mol. The van der Waals surface area contributed by atoms with Crippen LogP contribution in [-0.4, -0.2) is 4.98 Å². The van der Waals surface area contributed by atoms with Crippen molar-refractivity contribution in [1.82, 2.24) is 4.98 Å². The van der Waals surface area contributed by atoms with Gasteiger partial charge in [-0.1, -0.05) is 12.1 Å². The summed E-state index contributed by atoms with van der Waals surface area (Å²) in [4.78, 5) is 3.95. The number of nitrogens with two attached hydrogens (primary N) is 1. The summed E-state index contributed by atoms with van der Waals surface area (Å²) in [6.07, 6.45) is -3.06. The van der Waals surface area contributed by atoms with Crippen molar-refractivity contribution in [3.05, 3.63) is 52.1 Å². The van der Waals surface area contributed by atoms with Gasteiger partial charge in [0.1, 0.15) is 5.75 Å². The third-order valence-corrected chi connectivity index (χ3v) is 2.94. The quantitative estimate of drug-likeness (QED) is 0.909. The van der Waals surface area contributed by atoms with Gasteiger partial charge in [-0.2, -0.15) is 13.2 Å². The van der Waals surface area contributed by atoms with Crippen molar-refractivity contribution >= 4 is 15.9 Å². The summed E-state index contributed by atoms with van der Waals surface area (Å²) in [7, 11) is 0. The Morgan fingerprint density at radius 3 is 2.60 bits per heavy atom. The second-order valence-electron chi connectivity index (χ2n) is 3.92. The monoisotopic (exact) mass is 346 g/mol. The van der Waals surface area contributed by atoms with Gasteiger partial charge in [0.25, 0.3) is 0 Å². The molecule has 0 saturated heterocycles. The molecule has 0 aliphatic carbocycles. The lowest BCUT2D eigenvalue weighted by Crippen LogP contribution is -2.08. The highest BCUT2D eigenvalue weighted by atomic mass is 79.9. The maximum absolute atomic E-state index is 12.9. The van der Waals surface area contributed by atoms with E-state index < -0.39 is 11.7 Å². The molecule has 0 fully saturated rings. The van der Waals surface area contributed by atoms with Crippen LogP contribution in [0.15, 0.2) is 41.0 Å².